The minimum Gasteiger partial charge on any atom is -0.301 e. The van der Waals surface area contributed by atoms with Gasteiger partial charge < -0.3 is 5.32 Å². The smallest absolute Gasteiger partial charge is 0.242 e. The van der Waals surface area contributed by atoms with E-state index in [1.807, 2.05) is 60.7 Å². The summed E-state index contributed by atoms with van der Waals surface area (Å²) in [5.41, 5.74) is 2.01. The molecule has 0 saturated carbocycles. The predicted octanol–water partition coefficient (Wildman–Crippen LogP) is 4.56. The van der Waals surface area contributed by atoms with Crippen molar-refractivity contribution >= 4 is 32.4 Å². The fourth-order valence-corrected chi connectivity index (χ4v) is 5.76. The van der Waals surface area contributed by atoms with Crippen molar-refractivity contribution in [2.75, 3.05) is 18.9 Å². The molecule has 0 radical (unpaired) electrons. The highest BCUT2D eigenvalue weighted by molar-refractivity contribution is 7.89. The van der Waals surface area contributed by atoms with Crippen LogP contribution in [0.15, 0.2) is 95.9 Å². The first-order valence-corrected chi connectivity index (χ1v) is 13.4. The minimum atomic E-state index is -3.68. The van der Waals surface area contributed by atoms with E-state index < -0.39 is 10.0 Å². The van der Waals surface area contributed by atoms with Gasteiger partial charge in [-0.25, -0.2) is 12.7 Å². The van der Waals surface area contributed by atoms with Gasteiger partial charge in [0.05, 0.1) is 4.90 Å². The van der Waals surface area contributed by atoms with Crippen molar-refractivity contribution in [1.29, 1.82) is 0 Å². The second kappa shape index (κ2) is 11.4. The van der Waals surface area contributed by atoms with Gasteiger partial charge in [-0.3, -0.25) is 4.79 Å². The van der Waals surface area contributed by atoms with E-state index in [0.717, 1.165) is 16.1 Å². The zero-order valence-corrected chi connectivity index (χ0v) is 20.9. The lowest BCUT2D eigenvalue weighted by Gasteiger charge is -2.24. The van der Waals surface area contributed by atoms with Crippen molar-refractivity contribution in [2.24, 2.45) is 0 Å². The van der Waals surface area contributed by atoms with Gasteiger partial charge in [-0.2, -0.15) is 0 Å². The van der Waals surface area contributed by atoms with Crippen molar-refractivity contribution < 1.29 is 13.2 Å². The molecule has 0 aliphatic heterocycles. The summed E-state index contributed by atoms with van der Waals surface area (Å²) in [6, 6.07) is 27.7. The lowest BCUT2D eigenvalue weighted by atomic mass is 9.95. The largest absolute Gasteiger partial charge is 0.301 e. The first-order valence-electron chi connectivity index (χ1n) is 11.1. The number of hydrogen-bond donors (Lipinski definition) is 1. The first-order chi connectivity index (χ1) is 16.9. The number of sulfonamides is 1. The molecule has 180 valence electrons. The van der Waals surface area contributed by atoms with Gasteiger partial charge in [-0.05, 0) is 23.3 Å². The molecule has 1 N–H and O–H groups in total. The molecule has 0 fully saturated rings. The fraction of sp³-hybridized carbons (Fsp3) is 0.192. The van der Waals surface area contributed by atoms with Crippen LogP contribution in [-0.2, 0) is 21.2 Å². The number of carbonyl (C=O) groups is 1. The number of likely N-dealkylation sites (N-methyl/N-ethyl adjacent to an activating group) is 1. The standard InChI is InChI=1S/C26H26N4O3S2/c1-30(35(32,33)23-15-9-4-10-16-23)19-22(21-13-7-3-8-14-21)18-24(31)27-26-29-28-25(34-26)17-20-11-5-2-6-12-20/h2-16,22H,17-19H2,1H3,(H,27,29,31). The van der Waals surface area contributed by atoms with Crippen LogP contribution in [0.3, 0.4) is 0 Å². The maximum Gasteiger partial charge on any atom is 0.242 e. The highest BCUT2D eigenvalue weighted by Gasteiger charge is 2.26. The Bertz CT molecular complexity index is 1350. The summed E-state index contributed by atoms with van der Waals surface area (Å²) in [6.45, 7) is 0.157. The number of nitrogens with zero attached hydrogens (tertiary/aromatic N) is 3. The number of amides is 1. The molecule has 1 atom stereocenters. The Balaban J connectivity index is 1.45. The zero-order valence-electron chi connectivity index (χ0n) is 19.2. The highest BCUT2D eigenvalue weighted by Crippen LogP contribution is 2.25. The second-order valence-corrected chi connectivity index (χ2v) is 11.2. The van der Waals surface area contributed by atoms with E-state index in [1.54, 1.807) is 30.3 Å². The minimum absolute atomic E-state index is 0.103. The molecule has 3 aromatic carbocycles. The van der Waals surface area contributed by atoms with E-state index in [9.17, 15) is 13.2 Å². The molecular formula is C26H26N4O3S2. The average molecular weight is 507 g/mol. The summed E-state index contributed by atoms with van der Waals surface area (Å²) in [5.74, 6) is -0.580. The SMILES string of the molecule is CN(CC(CC(=O)Nc1nnc(Cc2ccccc2)s1)c1ccccc1)S(=O)(=O)c1ccccc1. The Morgan fingerprint density at radius 2 is 1.51 bits per heavy atom. The molecule has 9 heteroatoms. The lowest BCUT2D eigenvalue weighted by Crippen LogP contribution is -2.32. The van der Waals surface area contributed by atoms with Crippen molar-refractivity contribution in [3.8, 4) is 0 Å². The Hall–Kier alpha value is -3.40. The Labute approximate surface area is 209 Å². The van der Waals surface area contributed by atoms with E-state index in [4.69, 9.17) is 0 Å². The van der Waals surface area contributed by atoms with Gasteiger partial charge in [-0.15, -0.1) is 10.2 Å². The number of benzene rings is 3. The molecule has 4 rings (SSSR count). The molecule has 1 amide bonds. The quantitative estimate of drug-likeness (QED) is 0.340. The molecule has 0 bridgehead atoms. The molecule has 35 heavy (non-hydrogen) atoms. The number of hydrogen-bond acceptors (Lipinski definition) is 6. The van der Waals surface area contributed by atoms with Crippen LogP contribution in [0.25, 0.3) is 0 Å². The van der Waals surface area contributed by atoms with Crippen molar-refractivity contribution in [1.82, 2.24) is 14.5 Å². The summed E-state index contributed by atoms with van der Waals surface area (Å²) in [6.07, 6.45) is 0.745. The summed E-state index contributed by atoms with van der Waals surface area (Å²) in [7, 11) is -2.14. The first kappa shape index (κ1) is 24.7. The van der Waals surface area contributed by atoms with E-state index in [2.05, 4.69) is 15.5 Å². The van der Waals surface area contributed by atoms with Crippen LogP contribution >= 0.6 is 11.3 Å². The van der Waals surface area contributed by atoms with Gasteiger partial charge in [0.25, 0.3) is 0 Å². The molecule has 0 spiro atoms. The van der Waals surface area contributed by atoms with Gasteiger partial charge in [0.1, 0.15) is 5.01 Å². The second-order valence-electron chi connectivity index (χ2n) is 8.12. The van der Waals surface area contributed by atoms with Crippen LogP contribution in [0.1, 0.15) is 28.5 Å². The van der Waals surface area contributed by atoms with Gasteiger partial charge in [0.15, 0.2) is 0 Å². The molecule has 1 heterocycles. The van der Waals surface area contributed by atoms with Gasteiger partial charge in [0, 0.05) is 32.4 Å². The third-order valence-electron chi connectivity index (χ3n) is 5.54. The van der Waals surface area contributed by atoms with E-state index in [-0.39, 0.29) is 29.7 Å². The third kappa shape index (κ3) is 6.60. The van der Waals surface area contributed by atoms with Crippen LogP contribution in [0, 0.1) is 0 Å². The van der Waals surface area contributed by atoms with Gasteiger partial charge >= 0.3 is 0 Å². The topological polar surface area (TPSA) is 92.3 Å². The number of rotatable bonds is 10. The zero-order chi connectivity index (χ0) is 24.7. The van der Waals surface area contributed by atoms with Crippen molar-refractivity contribution in [3.05, 3.63) is 107 Å². The molecule has 0 saturated heterocycles. The summed E-state index contributed by atoms with van der Waals surface area (Å²) < 4.78 is 27.4. The molecule has 0 aliphatic rings. The van der Waals surface area contributed by atoms with Crippen molar-refractivity contribution in [2.45, 2.75) is 23.7 Å². The van der Waals surface area contributed by atoms with Crippen LogP contribution in [-0.4, -0.2) is 42.4 Å². The van der Waals surface area contributed by atoms with Crippen LogP contribution < -0.4 is 5.32 Å². The molecular weight excluding hydrogens is 480 g/mol. The molecule has 4 aromatic rings. The van der Waals surface area contributed by atoms with Crippen LogP contribution in [0.2, 0.25) is 0 Å². The number of aromatic nitrogens is 2. The van der Waals surface area contributed by atoms with E-state index in [0.29, 0.717) is 11.6 Å². The lowest BCUT2D eigenvalue weighted by molar-refractivity contribution is -0.116. The number of anilines is 1. The maximum absolute atomic E-state index is 13.0. The third-order valence-corrected chi connectivity index (χ3v) is 8.22. The molecule has 7 nitrogen and oxygen atoms in total. The highest BCUT2D eigenvalue weighted by atomic mass is 32.2. The summed E-state index contributed by atoms with van der Waals surface area (Å²) >= 11 is 1.33. The predicted molar refractivity (Wildman–Crippen MR) is 138 cm³/mol. The summed E-state index contributed by atoms with van der Waals surface area (Å²) in [4.78, 5) is 13.1. The molecule has 1 aromatic heterocycles. The Kier molecular flexibility index (Phi) is 8.02. The Morgan fingerprint density at radius 3 is 2.17 bits per heavy atom. The van der Waals surface area contributed by atoms with Crippen LogP contribution in [0.5, 0.6) is 0 Å². The van der Waals surface area contributed by atoms with Gasteiger partial charge in [-0.1, -0.05) is 90.2 Å². The monoisotopic (exact) mass is 506 g/mol. The normalized spacial score (nSPS) is 12.4. The summed E-state index contributed by atoms with van der Waals surface area (Å²) in [5, 5.41) is 12.3. The van der Waals surface area contributed by atoms with Crippen molar-refractivity contribution in [3.63, 3.8) is 0 Å². The van der Waals surface area contributed by atoms with E-state index >= 15 is 0 Å². The number of carbonyl (C=O) groups excluding carboxylic acids is 1. The Morgan fingerprint density at radius 1 is 0.914 bits per heavy atom. The van der Waals surface area contributed by atoms with Gasteiger partial charge in [0.2, 0.25) is 21.1 Å². The average Bonchev–Trinajstić information content (AvgIpc) is 3.31. The maximum atomic E-state index is 13.0. The number of nitrogens with one attached hydrogen (secondary N) is 1. The molecule has 1 unspecified atom stereocenters. The molecule has 0 aliphatic carbocycles. The van der Waals surface area contributed by atoms with Crippen LogP contribution in [0.4, 0.5) is 5.13 Å². The van der Waals surface area contributed by atoms with E-state index in [1.165, 1.54) is 22.7 Å². The fourth-order valence-electron chi connectivity index (χ4n) is 3.73.